The lowest BCUT2D eigenvalue weighted by Gasteiger charge is -2.42. The van der Waals surface area contributed by atoms with Crippen LogP contribution in [0.25, 0.3) is 0 Å². The van der Waals surface area contributed by atoms with Crippen molar-refractivity contribution in [1.82, 2.24) is 0 Å². The SMILES string of the molecule is COc1ccc(N2C(=O)[C@H](OCc3ccccc3)[C@@H]2C#N)cc1. The maximum atomic E-state index is 12.3. The monoisotopic (exact) mass is 308 g/mol. The van der Waals surface area contributed by atoms with Crippen LogP contribution >= 0.6 is 0 Å². The van der Waals surface area contributed by atoms with Gasteiger partial charge in [-0.1, -0.05) is 30.3 Å². The Balaban J connectivity index is 1.68. The third-order valence-electron chi connectivity index (χ3n) is 3.80. The minimum Gasteiger partial charge on any atom is -0.497 e. The number of anilines is 1. The van der Waals surface area contributed by atoms with Crippen molar-refractivity contribution >= 4 is 11.6 Å². The molecule has 1 heterocycles. The number of hydrogen-bond donors (Lipinski definition) is 0. The number of carbonyl (C=O) groups is 1. The zero-order valence-corrected chi connectivity index (χ0v) is 12.7. The van der Waals surface area contributed by atoms with E-state index in [-0.39, 0.29) is 5.91 Å². The normalized spacial score (nSPS) is 19.8. The van der Waals surface area contributed by atoms with Crippen LogP contribution in [0.15, 0.2) is 54.6 Å². The Bertz CT molecular complexity index is 722. The zero-order valence-electron chi connectivity index (χ0n) is 12.7. The summed E-state index contributed by atoms with van der Waals surface area (Å²) in [6.07, 6.45) is -0.720. The van der Waals surface area contributed by atoms with Crippen LogP contribution in [-0.2, 0) is 16.1 Å². The smallest absolute Gasteiger partial charge is 0.260 e. The van der Waals surface area contributed by atoms with Crippen LogP contribution in [-0.4, -0.2) is 25.2 Å². The van der Waals surface area contributed by atoms with E-state index in [1.165, 1.54) is 4.90 Å². The highest BCUT2D eigenvalue weighted by Gasteiger charge is 2.49. The molecule has 1 aliphatic rings. The number of nitriles is 1. The third kappa shape index (κ3) is 2.89. The highest BCUT2D eigenvalue weighted by molar-refractivity contribution is 6.05. The second kappa shape index (κ2) is 6.51. The molecule has 0 N–H and O–H groups in total. The second-order valence-corrected chi connectivity index (χ2v) is 5.20. The molecule has 0 spiro atoms. The van der Waals surface area contributed by atoms with Gasteiger partial charge in [-0.25, -0.2) is 0 Å². The molecule has 23 heavy (non-hydrogen) atoms. The van der Waals surface area contributed by atoms with Crippen molar-refractivity contribution in [1.29, 1.82) is 5.26 Å². The third-order valence-corrected chi connectivity index (χ3v) is 3.80. The summed E-state index contributed by atoms with van der Waals surface area (Å²) >= 11 is 0. The molecule has 0 bridgehead atoms. The summed E-state index contributed by atoms with van der Waals surface area (Å²) in [6.45, 7) is 0.311. The van der Waals surface area contributed by atoms with Crippen LogP contribution in [0.5, 0.6) is 5.75 Å². The lowest BCUT2D eigenvalue weighted by molar-refractivity contribution is -0.141. The molecule has 1 saturated heterocycles. The topological polar surface area (TPSA) is 62.6 Å². The minimum absolute atomic E-state index is 0.197. The zero-order chi connectivity index (χ0) is 16.2. The largest absolute Gasteiger partial charge is 0.497 e. The van der Waals surface area contributed by atoms with Crippen molar-refractivity contribution in [2.45, 2.75) is 18.8 Å². The molecule has 3 rings (SSSR count). The fourth-order valence-corrected chi connectivity index (χ4v) is 2.54. The summed E-state index contributed by atoms with van der Waals surface area (Å²) in [5, 5.41) is 9.36. The van der Waals surface area contributed by atoms with Crippen molar-refractivity contribution < 1.29 is 14.3 Å². The summed E-state index contributed by atoms with van der Waals surface area (Å²) in [5.41, 5.74) is 1.64. The van der Waals surface area contributed by atoms with Crippen LogP contribution in [0.3, 0.4) is 0 Å². The average molecular weight is 308 g/mol. The fourth-order valence-electron chi connectivity index (χ4n) is 2.54. The first kappa shape index (κ1) is 15.1. The van der Waals surface area contributed by atoms with Crippen molar-refractivity contribution in [2.24, 2.45) is 0 Å². The highest BCUT2D eigenvalue weighted by atomic mass is 16.5. The molecule has 2 atom stereocenters. The predicted molar refractivity (Wildman–Crippen MR) is 84.9 cm³/mol. The number of methoxy groups -OCH3 is 1. The summed E-state index contributed by atoms with van der Waals surface area (Å²) < 4.78 is 10.7. The lowest BCUT2D eigenvalue weighted by Crippen LogP contribution is -2.65. The first-order valence-corrected chi connectivity index (χ1v) is 7.27. The number of nitrogens with zero attached hydrogens (tertiary/aromatic N) is 2. The fraction of sp³-hybridized carbons (Fsp3) is 0.222. The Kier molecular flexibility index (Phi) is 4.26. The second-order valence-electron chi connectivity index (χ2n) is 5.20. The van der Waals surface area contributed by atoms with Gasteiger partial charge in [0.15, 0.2) is 12.1 Å². The Labute approximate surface area is 134 Å². The van der Waals surface area contributed by atoms with Gasteiger partial charge < -0.3 is 9.47 Å². The van der Waals surface area contributed by atoms with Gasteiger partial charge in [0.25, 0.3) is 5.91 Å². The van der Waals surface area contributed by atoms with Crippen LogP contribution < -0.4 is 9.64 Å². The van der Waals surface area contributed by atoms with Gasteiger partial charge in [0.2, 0.25) is 0 Å². The number of carbonyl (C=O) groups excluding carboxylic acids is 1. The van der Waals surface area contributed by atoms with Gasteiger partial charge in [-0.3, -0.25) is 9.69 Å². The molecule has 1 amide bonds. The molecular weight excluding hydrogens is 292 g/mol. The van der Waals surface area contributed by atoms with E-state index < -0.39 is 12.1 Å². The van der Waals surface area contributed by atoms with Gasteiger partial charge >= 0.3 is 0 Å². The van der Waals surface area contributed by atoms with Gasteiger partial charge in [-0.15, -0.1) is 0 Å². The molecule has 0 aromatic heterocycles. The highest BCUT2D eigenvalue weighted by Crippen LogP contribution is 2.31. The average Bonchev–Trinajstić information content (AvgIpc) is 2.61. The Morgan fingerprint density at radius 2 is 1.83 bits per heavy atom. The number of β-lactam (4-membered cyclic amide) rings is 1. The lowest BCUT2D eigenvalue weighted by atomic mass is 9.97. The number of ether oxygens (including phenoxy) is 2. The molecule has 1 aliphatic heterocycles. The molecular formula is C18H16N2O3. The summed E-state index contributed by atoms with van der Waals surface area (Å²) in [4.78, 5) is 13.8. The van der Waals surface area contributed by atoms with E-state index in [2.05, 4.69) is 6.07 Å². The summed E-state index contributed by atoms with van der Waals surface area (Å²) in [5.74, 6) is 0.504. The minimum atomic E-state index is -0.720. The molecule has 0 radical (unpaired) electrons. The molecule has 0 unspecified atom stereocenters. The summed E-state index contributed by atoms with van der Waals surface area (Å²) in [7, 11) is 1.58. The van der Waals surface area contributed by atoms with E-state index in [4.69, 9.17) is 9.47 Å². The first-order chi connectivity index (χ1) is 11.2. The molecule has 0 saturated carbocycles. The Hall–Kier alpha value is -2.84. The first-order valence-electron chi connectivity index (χ1n) is 7.27. The number of benzene rings is 2. The molecule has 116 valence electrons. The summed E-state index contributed by atoms with van der Waals surface area (Å²) in [6, 6.07) is 18.1. The van der Waals surface area contributed by atoms with Crippen molar-refractivity contribution in [2.75, 3.05) is 12.0 Å². The van der Waals surface area contributed by atoms with E-state index >= 15 is 0 Å². The van der Waals surface area contributed by atoms with Crippen molar-refractivity contribution in [3.05, 3.63) is 60.2 Å². The van der Waals surface area contributed by atoms with Gasteiger partial charge in [-0.05, 0) is 29.8 Å². The van der Waals surface area contributed by atoms with E-state index in [0.717, 1.165) is 5.56 Å². The molecule has 1 fully saturated rings. The quantitative estimate of drug-likeness (QED) is 0.796. The van der Waals surface area contributed by atoms with Gasteiger partial charge in [0, 0.05) is 5.69 Å². The molecule has 2 aromatic rings. The van der Waals surface area contributed by atoms with Gasteiger partial charge in [0.1, 0.15) is 5.75 Å². The number of rotatable bonds is 5. The van der Waals surface area contributed by atoms with E-state index in [1.807, 2.05) is 30.3 Å². The maximum Gasteiger partial charge on any atom is 0.260 e. The van der Waals surface area contributed by atoms with Crippen LogP contribution in [0.4, 0.5) is 5.69 Å². The van der Waals surface area contributed by atoms with E-state index in [9.17, 15) is 10.1 Å². The Morgan fingerprint density at radius 1 is 1.13 bits per heavy atom. The number of hydrogen-bond acceptors (Lipinski definition) is 4. The van der Waals surface area contributed by atoms with Crippen LogP contribution in [0.1, 0.15) is 5.56 Å². The van der Waals surface area contributed by atoms with E-state index in [0.29, 0.717) is 18.0 Å². The standard InChI is InChI=1S/C18H16N2O3/c1-22-15-9-7-14(8-10-15)20-16(11-19)17(18(20)21)23-12-13-5-3-2-4-6-13/h2-10,16-17H,12H2,1H3/t16-,17+/m0/s1. The maximum absolute atomic E-state index is 12.3. The molecule has 5 nitrogen and oxygen atoms in total. The van der Waals surface area contributed by atoms with Crippen molar-refractivity contribution in [3.8, 4) is 11.8 Å². The van der Waals surface area contributed by atoms with Crippen molar-refractivity contribution in [3.63, 3.8) is 0 Å². The van der Waals surface area contributed by atoms with Gasteiger partial charge in [-0.2, -0.15) is 5.26 Å². The van der Waals surface area contributed by atoms with E-state index in [1.54, 1.807) is 31.4 Å². The number of amides is 1. The Morgan fingerprint density at radius 3 is 2.43 bits per heavy atom. The molecule has 5 heteroatoms. The predicted octanol–water partition coefficient (Wildman–Crippen LogP) is 2.52. The molecule has 0 aliphatic carbocycles. The van der Waals surface area contributed by atoms with Crippen LogP contribution in [0, 0.1) is 11.3 Å². The van der Waals surface area contributed by atoms with Crippen LogP contribution in [0.2, 0.25) is 0 Å². The molecule has 2 aromatic carbocycles. The van der Waals surface area contributed by atoms with Gasteiger partial charge in [0.05, 0.1) is 19.8 Å².